The highest BCUT2D eigenvalue weighted by Gasteiger charge is 2.61. The van der Waals surface area contributed by atoms with Crippen LogP contribution in [0.2, 0.25) is 10.0 Å². The van der Waals surface area contributed by atoms with E-state index in [4.69, 9.17) is 32.7 Å². The van der Waals surface area contributed by atoms with Crippen LogP contribution < -0.4 is 10.6 Å². The van der Waals surface area contributed by atoms with E-state index in [1.807, 2.05) is 26.0 Å². The Bertz CT molecular complexity index is 1470. The maximum absolute atomic E-state index is 15.9. The zero-order chi connectivity index (χ0) is 31.7. The van der Waals surface area contributed by atoms with Gasteiger partial charge in [-0.3, -0.25) is 4.79 Å². The molecule has 0 aromatic heterocycles. The van der Waals surface area contributed by atoms with Gasteiger partial charge in [0.25, 0.3) is 0 Å². The monoisotopic (exact) mass is 647 g/mol. The molecular formula is C33H37Cl2F2N3O4. The van der Waals surface area contributed by atoms with Gasteiger partial charge in [-0.15, -0.1) is 0 Å². The van der Waals surface area contributed by atoms with E-state index >= 15 is 8.78 Å². The lowest BCUT2D eigenvalue weighted by atomic mass is 9.61. The first-order chi connectivity index (χ1) is 20.9. The third-order valence-electron chi connectivity index (χ3n) is 9.28. The van der Waals surface area contributed by atoms with Gasteiger partial charge in [0.2, 0.25) is 5.91 Å². The Balaban J connectivity index is 1.59. The number of rotatable bonds is 9. The number of amides is 1. The zero-order valence-electron chi connectivity index (χ0n) is 24.7. The molecule has 0 spiro atoms. The van der Waals surface area contributed by atoms with E-state index in [-0.39, 0.29) is 46.8 Å². The van der Waals surface area contributed by atoms with Crippen LogP contribution in [0.3, 0.4) is 0 Å². The number of ether oxygens (including phenoxy) is 2. The van der Waals surface area contributed by atoms with Crippen molar-refractivity contribution in [2.45, 2.75) is 81.3 Å². The van der Waals surface area contributed by atoms with Crippen molar-refractivity contribution in [3.05, 3.63) is 81.4 Å². The van der Waals surface area contributed by atoms with E-state index in [1.54, 1.807) is 6.07 Å². The Morgan fingerprint density at radius 3 is 2.66 bits per heavy atom. The van der Waals surface area contributed by atoms with Crippen molar-refractivity contribution in [2.75, 3.05) is 19.8 Å². The van der Waals surface area contributed by atoms with E-state index in [9.17, 15) is 15.2 Å². The Morgan fingerprint density at radius 2 is 2.02 bits per heavy atom. The Hall–Kier alpha value is -2.58. The van der Waals surface area contributed by atoms with Crippen LogP contribution in [0.4, 0.5) is 8.78 Å². The molecule has 11 heteroatoms. The summed E-state index contributed by atoms with van der Waals surface area (Å²) in [6, 6.07) is 8.78. The lowest BCUT2D eigenvalue weighted by Crippen LogP contribution is -2.47. The molecule has 0 radical (unpaired) electrons. The van der Waals surface area contributed by atoms with Crippen molar-refractivity contribution >= 4 is 29.1 Å². The Morgan fingerprint density at radius 1 is 1.23 bits per heavy atom. The van der Waals surface area contributed by atoms with E-state index in [0.717, 1.165) is 12.5 Å². The highest BCUT2D eigenvalue weighted by atomic mass is 35.5. The molecule has 0 saturated carbocycles. The number of benzene rings is 2. The van der Waals surface area contributed by atoms with Gasteiger partial charge in [-0.25, -0.2) is 8.78 Å². The third-order valence-corrected chi connectivity index (χ3v) is 9.81. The molecule has 0 bridgehead atoms. The van der Waals surface area contributed by atoms with Crippen LogP contribution in [-0.4, -0.2) is 54.7 Å². The fourth-order valence-electron chi connectivity index (χ4n) is 7.09. The van der Waals surface area contributed by atoms with Gasteiger partial charge >= 0.3 is 0 Å². The van der Waals surface area contributed by atoms with Crippen LogP contribution in [-0.2, 0) is 19.7 Å². The highest BCUT2D eigenvalue weighted by Crippen LogP contribution is 2.54. The molecule has 5 rings (SSSR count). The number of allylic oxidation sites excluding steroid dienone is 2. The average Bonchev–Trinajstić information content (AvgIpc) is 3.51. The smallest absolute Gasteiger partial charge is 0.237 e. The largest absolute Gasteiger partial charge is 0.396 e. The standard InChI is InChI=1S/C33H37Cl2F2N3O4/c1-31(2)43-17-21(44-31)11-14-39-30(42)29-27(22-7-6-8-24(35)28(22)37)33(18-38,23-10-9-20(34)15-25(23)36)26(40-29)16-32(19-41)12-4-3-5-13-32/h3-4,6-10,15,21,26-27,29,40-41H,5,11-14,16-17,19H2,1-2H3,(H,39,42)/t21?,26-,27-,29+,32?,33-/m0/s1. The van der Waals surface area contributed by atoms with Crippen LogP contribution in [0, 0.1) is 28.4 Å². The number of nitrogens with zero attached hydrogens (tertiary/aromatic N) is 1. The number of carbonyl (C=O) groups is 1. The number of carbonyl (C=O) groups excluding carboxylic acids is 1. The molecule has 7 nitrogen and oxygen atoms in total. The normalized spacial score (nSPS) is 31.1. The van der Waals surface area contributed by atoms with Crippen molar-refractivity contribution in [2.24, 2.45) is 5.41 Å². The van der Waals surface area contributed by atoms with Crippen LogP contribution in [0.5, 0.6) is 0 Å². The number of nitrogens with one attached hydrogen (secondary N) is 2. The summed E-state index contributed by atoms with van der Waals surface area (Å²) >= 11 is 12.3. The van der Waals surface area contributed by atoms with Gasteiger partial charge in [0.1, 0.15) is 17.0 Å². The van der Waals surface area contributed by atoms with Gasteiger partial charge in [0.05, 0.1) is 29.8 Å². The number of hydrogen-bond acceptors (Lipinski definition) is 6. The third kappa shape index (κ3) is 6.26. The fourth-order valence-corrected chi connectivity index (χ4v) is 7.43. The van der Waals surface area contributed by atoms with Gasteiger partial charge in [0.15, 0.2) is 5.79 Å². The van der Waals surface area contributed by atoms with Crippen LogP contribution in [0.15, 0.2) is 48.6 Å². The summed E-state index contributed by atoms with van der Waals surface area (Å²) in [5.41, 5.74) is -2.41. The predicted octanol–water partition coefficient (Wildman–Crippen LogP) is 5.92. The lowest BCUT2D eigenvalue weighted by Gasteiger charge is -2.41. The molecule has 2 fully saturated rings. The number of aliphatic hydroxyl groups is 1. The summed E-state index contributed by atoms with van der Waals surface area (Å²) in [6.07, 6.45) is 6.40. The van der Waals surface area contributed by atoms with Crippen molar-refractivity contribution in [1.29, 1.82) is 5.26 Å². The van der Waals surface area contributed by atoms with Gasteiger partial charge in [-0.2, -0.15) is 5.26 Å². The number of hydrogen-bond donors (Lipinski definition) is 3. The topological polar surface area (TPSA) is 104 Å². The van der Waals surface area contributed by atoms with Gasteiger partial charge < -0.3 is 25.2 Å². The van der Waals surface area contributed by atoms with Crippen molar-refractivity contribution in [3.8, 4) is 6.07 Å². The van der Waals surface area contributed by atoms with Gasteiger partial charge in [-0.05, 0) is 75.1 Å². The van der Waals surface area contributed by atoms with E-state index in [0.29, 0.717) is 25.9 Å². The minimum Gasteiger partial charge on any atom is -0.396 e. The van der Waals surface area contributed by atoms with Gasteiger partial charge in [-0.1, -0.05) is 53.6 Å². The first kappa shape index (κ1) is 32.8. The highest BCUT2D eigenvalue weighted by molar-refractivity contribution is 6.31. The molecule has 2 unspecified atom stereocenters. The molecule has 2 saturated heterocycles. The first-order valence-corrected chi connectivity index (χ1v) is 15.6. The van der Waals surface area contributed by atoms with E-state index in [1.165, 1.54) is 24.3 Å². The molecule has 2 aromatic carbocycles. The SMILES string of the molecule is CC1(C)OCC(CCNC(=O)[C@@H]2N[C@@H](CC3(CO)CC=CCC3)[C@](C#N)(c3ccc(Cl)cc3F)[C@H]2c2cccc(Cl)c2F)O1. The van der Waals surface area contributed by atoms with Crippen molar-refractivity contribution in [3.63, 3.8) is 0 Å². The summed E-state index contributed by atoms with van der Waals surface area (Å²) in [6.45, 7) is 4.08. The minimum atomic E-state index is -1.78. The summed E-state index contributed by atoms with van der Waals surface area (Å²) in [7, 11) is 0. The minimum absolute atomic E-state index is 0.0133. The molecule has 3 N–H and O–H groups in total. The predicted molar refractivity (Wildman–Crippen MR) is 163 cm³/mol. The maximum atomic E-state index is 15.9. The quantitative estimate of drug-likeness (QED) is 0.292. The molecule has 6 atom stereocenters. The molecule has 1 amide bonds. The zero-order valence-corrected chi connectivity index (χ0v) is 26.2. The molecule has 236 valence electrons. The molecule has 2 aromatic rings. The maximum Gasteiger partial charge on any atom is 0.237 e. The average molecular weight is 649 g/mol. The van der Waals surface area contributed by atoms with Gasteiger partial charge in [0, 0.05) is 35.7 Å². The van der Waals surface area contributed by atoms with Crippen molar-refractivity contribution in [1.82, 2.24) is 10.6 Å². The molecule has 3 aliphatic rings. The summed E-state index contributed by atoms with van der Waals surface area (Å²) in [5, 5.41) is 27.9. The second-order valence-electron chi connectivity index (χ2n) is 12.5. The Kier molecular flexibility index (Phi) is 9.72. The molecule has 44 heavy (non-hydrogen) atoms. The molecular weight excluding hydrogens is 611 g/mol. The second kappa shape index (κ2) is 13.0. The first-order valence-electron chi connectivity index (χ1n) is 14.9. The summed E-state index contributed by atoms with van der Waals surface area (Å²) in [5.74, 6) is -3.92. The fraction of sp³-hybridized carbons (Fsp3) is 0.515. The molecule has 1 aliphatic carbocycles. The van der Waals surface area contributed by atoms with Crippen LogP contribution in [0.25, 0.3) is 0 Å². The number of aliphatic hydroxyl groups excluding tert-OH is 1. The lowest BCUT2D eigenvalue weighted by molar-refractivity contribution is -0.138. The van der Waals surface area contributed by atoms with Crippen LogP contribution in [0.1, 0.15) is 63.0 Å². The van der Waals surface area contributed by atoms with Crippen LogP contribution >= 0.6 is 23.2 Å². The van der Waals surface area contributed by atoms with E-state index < -0.39 is 52.2 Å². The number of nitriles is 1. The van der Waals surface area contributed by atoms with E-state index in [2.05, 4.69) is 16.7 Å². The van der Waals surface area contributed by atoms with Crippen molar-refractivity contribution < 1.29 is 28.2 Å². The Labute approximate surface area is 266 Å². The number of halogens is 4. The molecule has 2 heterocycles. The summed E-state index contributed by atoms with van der Waals surface area (Å²) in [4.78, 5) is 14.0. The molecule has 2 aliphatic heterocycles. The second-order valence-corrected chi connectivity index (χ2v) is 13.4. The summed E-state index contributed by atoms with van der Waals surface area (Å²) < 4.78 is 43.3.